The van der Waals surface area contributed by atoms with Crippen LogP contribution < -0.4 is 5.32 Å². The molecule has 0 unspecified atom stereocenters. The Morgan fingerprint density at radius 2 is 1.72 bits per heavy atom. The molecular weight excluding hydrogens is 433 g/mol. The zero-order valence-electron chi connectivity index (χ0n) is 18.4. The van der Waals surface area contributed by atoms with Crippen molar-refractivity contribution in [3.8, 4) is 0 Å². The van der Waals surface area contributed by atoms with Crippen molar-refractivity contribution in [2.45, 2.75) is 25.2 Å². The van der Waals surface area contributed by atoms with Crippen LogP contribution in [0.5, 0.6) is 0 Å². The molecule has 0 saturated carbocycles. The molecule has 32 heavy (non-hydrogen) atoms. The predicted molar refractivity (Wildman–Crippen MR) is 120 cm³/mol. The number of anilines is 1. The van der Waals surface area contributed by atoms with Crippen LogP contribution in [0.25, 0.3) is 0 Å². The van der Waals surface area contributed by atoms with E-state index in [0.717, 1.165) is 6.42 Å². The van der Waals surface area contributed by atoms with Crippen LogP contribution in [-0.2, 0) is 14.8 Å². The molecule has 3 rings (SSSR count). The number of nitrogens with zero attached hydrogens (tertiary/aromatic N) is 2. The molecule has 0 aliphatic carbocycles. The van der Waals surface area contributed by atoms with E-state index in [4.69, 9.17) is 0 Å². The lowest BCUT2D eigenvalue weighted by Gasteiger charge is -2.34. The van der Waals surface area contributed by atoms with Crippen LogP contribution >= 0.6 is 0 Å². The van der Waals surface area contributed by atoms with Crippen molar-refractivity contribution in [2.24, 2.45) is 11.8 Å². The minimum Gasteiger partial charge on any atom is -0.332 e. The summed E-state index contributed by atoms with van der Waals surface area (Å²) >= 11 is 0. The SMILES string of the molecule is C[C@@H]1C[C@@H](C)CN(S(=O)(=O)c2ccc(C(=O)N(C)CC(=O)Nc3cccc(F)c3)cc2)C1. The number of carbonyl (C=O) groups excluding carboxylic acids is 2. The monoisotopic (exact) mass is 461 g/mol. The third kappa shape index (κ3) is 5.72. The number of benzene rings is 2. The topological polar surface area (TPSA) is 86.8 Å². The maximum absolute atomic E-state index is 13.2. The molecule has 1 aliphatic heterocycles. The van der Waals surface area contributed by atoms with Gasteiger partial charge in [-0.05, 0) is 60.7 Å². The third-order valence-electron chi connectivity index (χ3n) is 5.41. The molecular formula is C23H28FN3O4S. The van der Waals surface area contributed by atoms with E-state index in [2.05, 4.69) is 5.32 Å². The summed E-state index contributed by atoms with van der Waals surface area (Å²) in [5.74, 6) is -0.790. The fourth-order valence-corrected chi connectivity index (χ4v) is 5.67. The highest BCUT2D eigenvalue weighted by Gasteiger charge is 2.31. The highest BCUT2D eigenvalue weighted by Crippen LogP contribution is 2.26. The van der Waals surface area contributed by atoms with Gasteiger partial charge in [-0.25, -0.2) is 12.8 Å². The lowest BCUT2D eigenvalue weighted by molar-refractivity contribution is -0.116. The number of amides is 2. The number of rotatable bonds is 6. The van der Waals surface area contributed by atoms with E-state index < -0.39 is 27.7 Å². The Labute approximate surface area is 188 Å². The number of sulfonamides is 1. The highest BCUT2D eigenvalue weighted by molar-refractivity contribution is 7.89. The molecule has 2 atom stereocenters. The Hall–Kier alpha value is -2.78. The highest BCUT2D eigenvalue weighted by atomic mass is 32.2. The first-order valence-corrected chi connectivity index (χ1v) is 11.9. The number of halogens is 1. The summed E-state index contributed by atoms with van der Waals surface area (Å²) in [7, 11) is -2.17. The van der Waals surface area contributed by atoms with E-state index in [1.165, 1.54) is 58.7 Å². The Balaban J connectivity index is 1.64. The minimum atomic E-state index is -3.63. The fraction of sp³-hybridized carbons (Fsp3) is 0.391. The van der Waals surface area contributed by atoms with Crippen molar-refractivity contribution < 1.29 is 22.4 Å². The molecule has 2 aromatic rings. The van der Waals surface area contributed by atoms with Gasteiger partial charge in [-0.2, -0.15) is 4.31 Å². The molecule has 7 nitrogen and oxygen atoms in total. The summed E-state index contributed by atoms with van der Waals surface area (Å²) in [6.07, 6.45) is 0.999. The van der Waals surface area contributed by atoms with Crippen LogP contribution in [0.2, 0.25) is 0 Å². The zero-order chi connectivity index (χ0) is 23.5. The first-order chi connectivity index (χ1) is 15.1. The van der Waals surface area contributed by atoms with Crippen molar-refractivity contribution in [2.75, 3.05) is 32.0 Å². The van der Waals surface area contributed by atoms with Gasteiger partial charge in [0.15, 0.2) is 0 Å². The lowest BCUT2D eigenvalue weighted by Crippen LogP contribution is -2.42. The molecule has 9 heteroatoms. The number of hydrogen-bond acceptors (Lipinski definition) is 4. The molecule has 1 N–H and O–H groups in total. The third-order valence-corrected chi connectivity index (χ3v) is 7.26. The smallest absolute Gasteiger partial charge is 0.254 e. The molecule has 0 spiro atoms. The van der Waals surface area contributed by atoms with Crippen molar-refractivity contribution in [1.82, 2.24) is 9.21 Å². The second-order valence-electron chi connectivity index (χ2n) is 8.51. The van der Waals surface area contributed by atoms with E-state index in [0.29, 0.717) is 30.6 Å². The Bertz CT molecular complexity index is 1080. The molecule has 1 fully saturated rings. The predicted octanol–water partition coefficient (Wildman–Crippen LogP) is 3.20. The summed E-state index contributed by atoms with van der Waals surface area (Å²) < 4.78 is 40.7. The van der Waals surface area contributed by atoms with Gasteiger partial charge in [-0.1, -0.05) is 19.9 Å². The molecule has 172 valence electrons. The average molecular weight is 462 g/mol. The molecule has 1 aliphatic rings. The van der Waals surface area contributed by atoms with Crippen LogP contribution in [0.15, 0.2) is 53.4 Å². The van der Waals surface area contributed by atoms with Crippen LogP contribution in [0.4, 0.5) is 10.1 Å². The number of carbonyl (C=O) groups is 2. The summed E-state index contributed by atoms with van der Waals surface area (Å²) in [6.45, 7) is 4.81. The molecule has 0 aromatic heterocycles. The van der Waals surface area contributed by atoms with Crippen molar-refractivity contribution in [1.29, 1.82) is 0 Å². The number of likely N-dealkylation sites (N-methyl/N-ethyl adjacent to an activating group) is 1. The van der Waals surface area contributed by atoms with E-state index in [1.807, 2.05) is 13.8 Å². The quantitative estimate of drug-likeness (QED) is 0.716. The maximum atomic E-state index is 13.2. The first kappa shape index (κ1) is 23.9. The number of nitrogens with one attached hydrogen (secondary N) is 1. The molecule has 0 bridgehead atoms. The zero-order valence-corrected chi connectivity index (χ0v) is 19.2. The maximum Gasteiger partial charge on any atom is 0.254 e. The van der Waals surface area contributed by atoms with Gasteiger partial charge in [0.1, 0.15) is 5.82 Å². The average Bonchev–Trinajstić information content (AvgIpc) is 2.72. The summed E-state index contributed by atoms with van der Waals surface area (Å²) in [5.41, 5.74) is 0.567. The molecule has 2 aromatic carbocycles. The normalized spacial score (nSPS) is 19.4. The van der Waals surface area contributed by atoms with Gasteiger partial charge in [-0.3, -0.25) is 9.59 Å². The van der Waals surface area contributed by atoms with Gasteiger partial charge in [0.25, 0.3) is 5.91 Å². The summed E-state index contributed by atoms with van der Waals surface area (Å²) in [5, 5.41) is 2.53. The van der Waals surface area contributed by atoms with Gasteiger partial charge in [-0.15, -0.1) is 0 Å². The van der Waals surface area contributed by atoms with Crippen LogP contribution in [0, 0.1) is 17.7 Å². The Morgan fingerprint density at radius 3 is 2.31 bits per heavy atom. The van der Waals surface area contributed by atoms with E-state index in [9.17, 15) is 22.4 Å². The Kier molecular flexibility index (Phi) is 7.30. The second kappa shape index (κ2) is 9.79. The second-order valence-corrected chi connectivity index (χ2v) is 10.5. The summed E-state index contributed by atoms with van der Waals surface area (Å²) in [4.78, 5) is 26.2. The minimum absolute atomic E-state index is 0.141. The van der Waals surface area contributed by atoms with E-state index in [-0.39, 0.29) is 17.0 Å². The number of piperidine rings is 1. The lowest BCUT2D eigenvalue weighted by atomic mass is 9.94. The molecule has 0 radical (unpaired) electrons. The van der Waals surface area contributed by atoms with Crippen molar-refractivity contribution in [3.05, 3.63) is 59.9 Å². The first-order valence-electron chi connectivity index (χ1n) is 10.5. The van der Waals surface area contributed by atoms with Crippen LogP contribution in [0.3, 0.4) is 0 Å². The van der Waals surface area contributed by atoms with Crippen LogP contribution in [0.1, 0.15) is 30.6 Å². The Morgan fingerprint density at radius 1 is 1.09 bits per heavy atom. The van der Waals surface area contributed by atoms with Gasteiger partial charge in [0.2, 0.25) is 15.9 Å². The largest absolute Gasteiger partial charge is 0.332 e. The van der Waals surface area contributed by atoms with Gasteiger partial charge >= 0.3 is 0 Å². The summed E-state index contributed by atoms with van der Waals surface area (Å²) in [6, 6.07) is 11.2. The van der Waals surface area contributed by atoms with Gasteiger partial charge in [0.05, 0.1) is 11.4 Å². The van der Waals surface area contributed by atoms with E-state index >= 15 is 0 Å². The van der Waals surface area contributed by atoms with Gasteiger partial charge < -0.3 is 10.2 Å². The van der Waals surface area contributed by atoms with Crippen LogP contribution in [-0.4, -0.2) is 56.1 Å². The molecule has 1 saturated heterocycles. The van der Waals surface area contributed by atoms with Crippen molar-refractivity contribution >= 4 is 27.5 Å². The standard InChI is InChI=1S/C23H28FN3O4S/c1-16-11-17(2)14-27(13-16)32(30,31)21-9-7-18(8-10-21)23(29)26(3)15-22(28)25-20-6-4-5-19(24)12-20/h4-10,12,16-17H,11,13-15H2,1-3H3,(H,25,28)/t16-,17-/m1/s1. The van der Waals surface area contributed by atoms with E-state index in [1.54, 1.807) is 6.07 Å². The fourth-order valence-electron chi connectivity index (χ4n) is 3.99. The van der Waals surface area contributed by atoms with Gasteiger partial charge in [0, 0.05) is 31.4 Å². The van der Waals surface area contributed by atoms with Crippen molar-refractivity contribution in [3.63, 3.8) is 0 Å². The number of hydrogen-bond donors (Lipinski definition) is 1. The molecule has 1 heterocycles. The molecule has 2 amide bonds.